The number of nitrogens with zero attached hydrogens (tertiary/aromatic N) is 1. The van der Waals surface area contributed by atoms with Gasteiger partial charge in [0.2, 0.25) is 29.5 Å². The predicted octanol–water partition coefficient (Wildman–Crippen LogP) is -7.01. The molecule has 15 N–H and O–H groups in total. The number of guanidine groups is 1. The van der Waals surface area contributed by atoms with Gasteiger partial charge < -0.3 is 64.2 Å². The molecule has 5 amide bonds. The first kappa shape index (κ1) is 36.4. The van der Waals surface area contributed by atoms with E-state index in [2.05, 4.69) is 26.3 Å². The Labute approximate surface area is 233 Å². The second kappa shape index (κ2) is 19.5. The zero-order valence-electron chi connectivity index (χ0n) is 22.0. The second-order valence-corrected chi connectivity index (χ2v) is 8.42. The molecule has 0 aliphatic rings. The molecule has 0 aromatic rings. The molecule has 232 valence electrons. The van der Waals surface area contributed by atoms with Crippen molar-refractivity contribution in [3.8, 4) is 0 Å². The van der Waals surface area contributed by atoms with Crippen LogP contribution >= 0.6 is 0 Å². The molecule has 20 heteroatoms. The first-order valence-electron chi connectivity index (χ1n) is 12.1. The lowest BCUT2D eigenvalue weighted by Gasteiger charge is -2.24. The maximum absolute atomic E-state index is 12.7. The topological polar surface area (TPSA) is 351 Å². The number of nitrogens with one attached hydrogen (secondary N) is 5. The van der Waals surface area contributed by atoms with Crippen LogP contribution in [0.4, 0.5) is 0 Å². The zero-order chi connectivity index (χ0) is 31.5. The van der Waals surface area contributed by atoms with Crippen molar-refractivity contribution in [3.63, 3.8) is 0 Å². The molecule has 0 bridgehead atoms. The molecule has 41 heavy (non-hydrogen) atoms. The summed E-state index contributed by atoms with van der Waals surface area (Å²) in [4.78, 5) is 86.9. The van der Waals surface area contributed by atoms with E-state index in [9.17, 15) is 43.8 Å². The van der Waals surface area contributed by atoms with Gasteiger partial charge in [-0.1, -0.05) is 0 Å². The summed E-state index contributed by atoms with van der Waals surface area (Å²) >= 11 is 0. The maximum atomic E-state index is 12.7. The Balaban J connectivity index is 5.12. The van der Waals surface area contributed by atoms with E-state index in [1.165, 1.54) is 0 Å². The molecule has 0 spiro atoms. The summed E-state index contributed by atoms with van der Waals surface area (Å²) in [7, 11) is 0. The average Bonchev–Trinajstić information content (AvgIpc) is 2.91. The third-order valence-corrected chi connectivity index (χ3v) is 5.07. The third kappa shape index (κ3) is 16.2. The summed E-state index contributed by atoms with van der Waals surface area (Å²) in [5.74, 6) is -7.76. The van der Waals surface area contributed by atoms with Gasteiger partial charge in [-0.3, -0.25) is 38.6 Å². The van der Waals surface area contributed by atoms with E-state index in [0.29, 0.717) is 6.42 Å². The number of aliphatic hydroxyl groups is 2. The third-order valence-electron chi connectivity index (χ3n) is 5.07. The van der Waals surface area contributed by atoms with E-state index >= 15 is 0 Å². The summed E-state index contributed by atoms with van der Waals surface area (Å²) in [5.41, 5.74) is 16.1. The number of carboxylic acids is 2. The Hall–Kier alpha value is -4.56. The number of nitrogens with two attached hydrogens (primary N) is 3. The summed E-state index contributed by atoms with van der Waals surface area (Å²) in [6, 6.07) is -5.87. The van der Waals surface area contributed by atoms with E-state index in [-0.39, 0.29) is 18.9 Å². The molecule has 0 radical (unpaired) electrons. The lowest BCUT2D eigenvalue weighted by Crippen LogP contribution is -2.58. The molecular formula is C21H37N9O11. The fourth-order valence-electron chi connectivity index (χ4n) is 2.95. The van der Waals surface area contributed by atoms with Gasteiger partial charge in [0.15, 0.2) is 5.96 Å². The van der Waals surface area contributed by atoms with Gasteiger partial charge in [-0.2, -0.15) is 0 Å². The van der Waals surface area contributed by atoms with Gasteiger partial charge in [0.05, 0.1) is 25.8 Å². The van der Waals surface area contributed by atoms with Gasteiger partial charge in [-0.15, -0.1) is 0 Å². The molecule has 0 aliphatic heterocycles. The Kier molecular flexibility index (Phi) is 17.3. The van der Waals surface area contributed by atoms with E-state index in [4.69, 9.17) is 27.4 Å². The number of carbonyl (C=O) groups excluding carboxylic acids is 5. The molecule has 0 heterocycles. The van der Waals surface area contributed by atoms with Crippen molar-refractivity contribution in [3.05, 3.63) is 0 Å². The van der Waals surface area contributed by atoms with E-state index in [1.54, 1.807) is 0 Å². The van der Waals surface area contributed by atoms with Crippen molar-refractivity contribution < 1.29 is 54.0 Å². The normalized spacial score (nSPS) is 13.3. The van der Waals surface area contributed by atoms with Crippen LogP contribution in [0.25, 0.3) is 0 Å². The van der Waals surface area contributed by atoms with Crippen molar-refractivity contribution in [1.82, 2.24) is 26.6 Å². The molecule has 0 unspecified atom stereocenters. The van der Waals surface area contributed by atoms with Crippen molar-refractivity contribution in [2.24, 2.45) is 22.2 Å². The van der Waals surface area contributed by atoms with Gasteiger partial charge in [-0.05, 0) is 19.3 Å². The van der Waals surface area contributed by atoms with E-state index in [0.717, 1.165) is 0 Å². The number of amides is 5. The summed E-state index contributed by atoms with van der Waals surface area (Å²) in [5, 5.41) is 47.0. The first-order valence-corrected chi connectivity index (χ1v) is 12.1. The molecule has 0 aliphatic carbocycles. The zero-order valence-corrected chi connectivity index (χ0v) is 22.0. The van der Waals surface area contributed by atoms with Gasteiger partial charge >= 0.3 is 11.9 Å². The fourth-order valence-corrected chi connectivity index (χ4v) is 2.95. The Morgan fingerprint density at radius 2 is 1.22 bits per heavy atom. The van der Waals surface area contributed by atoms with Crippen LogP contribution in [0.15, 0.2) is 4.99 Å². The SMILES string of the molecule is NC(N)=NCCC[C@H](N)C(=O)NCC(=O)N[C@@H](CO)C(=O)N[C@@H](CCC(=O)O)C(=O)N[C@@H](CO)C(=O)NCC(=O)O. The van der Waals surface area contributed by atoms with Gasteiger partial charge in [-0.25, -0.2) is 0 Å². The quantitative estimate of drug-likeness (QED) is 0.0355. The Bertz CT molecular complexity index is 973. The first-order chi connectivity index (χ1) is 19.2. The van der Waals surface area contributed by atoms with Crippen molar-refractivity contribution in [1.29, 1.82) is 0 Å². The fraction of sp³-hybridized carbons (Fsp3) is 0.619. The molecular weight excluding hydrogens is 554 g/mol. The summed E-state index contributed by atoms with van der Waals surface area (Å²) in [6.45, 7) is -3.12. The Morgan fingerprint density at radius 1 is 0.683 bits per heavy atom. The van der Waals surface area contributed by atoms with Crippen LogP contribution in [-0.4, -0.2) is 125 Å². The number of aliphatic hydroxyl groups excluding tert-OH is 2. The molecule has 0 rings (SSSR count). The summed E-state index contributed by atoms with van der Waals surface area (Å²) < 4.78 is 0. The standard InChI is InChI=1S/C21H37N9O11/c22-10(2-1-5-25-21(23)24)17(38)26-6-14(33)28-13(9-32)20(41)29-11(3-4-15(34)35)19(40)30-12(8-31)18(39)27-7-16(36)37/h10-13,31-32H,1-9,22H2,(H,26,38)(H,27,39)(H,28,33)(H,29,41)(H,30,40)(H,34,35)(H,36,37)(H4,23,24,25)/t10-,11-,12-,13-/m0/s1. The molecule has 20 nitrogen and oxygen atoms in total. The number of carboxylic acid groups (broad SMARTS) is 2. The van der Waals surface area contributed by atoms with Crippen LogP contribution in [0.3, 0.4) is 0 Å². The molecule has 0 fully saturated rings. The van der Waals surface area contributed by atoms with Gasteiger partial charge in [0, 0.05) is 13.0 Å². The van der Waals surface area contributed by atoms with Crippen LogP contribution in [0.2, 0.25) is 0 Å². The molecule has 0 saturated heterocycles. The molecule has 4 atom stereocenters. The van der Waals surface area contributed by atoms with Crippen LogP contribution < -0.4 is 43.8 Å². The predicted molar refractivity (Wildman–Crippen MR) is 138 cm³/mol. The smallest absolute Gasteiger partial charge is 0.322 e. The van der Waals surface area contributed by atoms with Crippen molar-refractivity contribution in [2.75, 3.05) is 32.8 Å². The number of carbonyl (C=O) groups is 7. The number of rotatable bonds is 20. The maximum Gasteiger partial charge on any atom is 0.322 e. The highest BCUT2D eigenvalue weighted by Crippen LogP contribution is 2.01. The van der Waals surface area contributed by atoms with Crippen LogP contribution in [0.1, 0.15) is 25.7 Å². The average molecular weight is 592 g/mol. The van der Waals surface area contributed by atoms with Crippen LogP contribution in [-0.2, 0) is 33.6 Å². The second-order valence-electron chi connectivity index (χ2n) is 8.42. The van der Waals surface area contributed by atoms with Crippen molar-refractivity contribution in [2.45, 2.75) is 49.9 Å². The minimum absolute atomic E-state index is 0.120. The highest BCUT2D eigenvalue weighted by molar-refractivity contribution is 5.95. The van der Waals surface area contributed by atoms with Gasteiger partial charge in [0.1, 0.15) is 24.7 Å². The number of hydrogen-bond donors (Lipinski definition) is 12. The minimum Gasteiger partial charge on any atom is -0.481 e. The number of hydrogen-bond acceptors (Lipinski definition) is 11. The number of aliphatic carboxylic acids is 2. The lowest BCUT2D eigenvalue weighted by atomic mass is 10.1. The lowest BCUT2D eigenvalue weighted by molar-refractivity contribution is -0.139. The molecule has 0 saturated carbocycles. The highest BCUT2D eigenvalue weighted by Gasteiger charge is 2.30. The molecule has 0 aromatic carbocycles. The van der Waals surface area contributed by atoms with Crippen LogP contribution in [0.5, 0.6) is 0 Å². The van der Waals surface area contributed by atoms with Gasteiger partial charge in [0.25, 0.3) is 0 Å². The molecule has 0 aromatic heterocycles. The van der Waals surface area contributed by atoms with Crippen molar-refractivity contribution >= 4 is 47.4 Å². The van der Waals surface area contributed by atoms with Crippen LogP contribution in [0, 0.1) is 0 Å². The number of aliphatic imine (C=N–C) groups is 1. The largest absolute Gasteiger partial charge is 0.481 e. The summed E-state index contributed by atoms with van der Waals surface area (Å²) in [6.07, 6.45) is -0.537. The minimum atomic E-state index is -1.64. The Morgan fingerprint density at radius 3 is 1.76 bits per heavy atom. The highest BCUT2D eigenvalue weighted by atomic mass is 16.4. The van der Waals surface area contributed by atoms with E-state index < -0.39 is 105 Å². The van der Waals surface area contributed by atoms with E-state index in [1.807, 2.05) is 5.32 Å². The monoisotopic (exact) mass is 591 g/mol.